The Labute approximate surface area is 117 Å². The van der Waals surface area contributed by atoms with Crippen LogP contribution in [0.3, 0.4) is 0 Å². The van der Waals surface area contributed by atoms with Crippen LogP contribution in [0.5, 0.6) is 5.75 Å². The number of halogens is 3. The van der Waals surface area contributed by atoms with E-state index in [2.05, 4.69) is 15.6 Å². The molecule has 3 nitrogen and oxygen atoms in total. The largest absolute Gasteiger partial charge is 0.573 e. The molecule has 106 valence electrons. The molecule has 0 amide bonds. The Bertz CT molecular complexity index is 722. The number of hydrogen-bond donors (Lipinski definition) is 0. The number of aryl methyl sites for hydroxylation is 1. The lowest BCUT2D eigenvalue weighted by atomic mass is 10.3. The SMILES string of the molecule is C#CCN=c1sc2cc(OC(F)(F)F)ccc2n1CC. The number of benzene rings is 1. The highest BCUT2D eigenvalue weighted by atomic mass is 32.1. The maximum absolute atomic E-state index is 12.2. The van der Waals surface area contributed by atoms with E-state index in [1.54, 1.807) is 6.07 Å². The third-order valence-electron chi connectivity index (χ3n) is 2.51. The predicted octanol–water partition coefficient (Wildman–Crippen LogP) is 3.16. The van der Waals surface area contributed by atoms with Gasteiger partial charge in [0.25, 0.3) is 0 Å². The van der Waals surface area contributed by atoms with Crippen LogP contribution in [0.4, 0.5) is 13.2 Å². The molecular weight excluding hydrogens is 289 g/mol. The van der Waals surface area contributed by atoms with Gasteiger partial charge in [0, 0.05) is 6.54 Å². The molecule has 1 heterocycles. The predicted molar refractivity (Wildman–Crippen MR) is 71.4 cm³/mol. The maximum atomic E-state index is 12.2. The molecular formula is C13H11F3N2OS. The zero-order valence-electron chi connectivity index (χ0n) is 10.6. The van der Waals surface area contributed by atoms with Crippen molar-refractivity contribution in [3.63, 3.8) is 0 Å². The lowest BCUT2D eigenvalue weighted by Gasteiger charge is -2.08. The number of fused-ring (bicyclic) bond motifs is 1. The van der Waals surface area contributed by atoms with Crippen LogP contribution in [0, 0.1) is 12.3 Å². The molecule has 0 bridgehead atoms. The number of rotatable bonds is 3. The second-order valence-electron chi connectivity index (χ2n) is 3.83. The Morgan fingerprint density at radius 3 is 2.80 bits per heavy atom. The van der Waals surface area contributed by atoms with Gasteiger partial charge in [-0.15, -0.1) is 19.6 Å². The number of thiazole rings is 1. The Morgan fingerprint density at radius 1 is 1.45 bits per heavy atom. The summed E-state index contributed by atoms with van der Waals surface area (Å²) in [5.74, 6) is 2.17. The van der Waals surface area contributed by atoms with Crippen molar-refractivity contribution >= 4 is 21.6 Å². The Balaban J connectivity index is 2.52. The number of terminal acetylenes is 1. The molecule has 0 N–H and O–H groups in total. The van der Waals surface area contributed by atoms with Crippen LogP contribution in [-0.4, -0.2) is 17.5 Å². The van der Waals surface area contributed by atoms with E-state index in [9.17, 15) is 13.2 Å². The van der Waals surface area contributed by atoms with Gasteiger partial charge in [-0.25, -0.2) is 4.99 Å². The van der Waals surface area contributed by atoms with Crippen molar-refractivity contribution in [3.8, 4) is 18.1 Å². The topological polar surface area (TPSA) is 26.5 Å². The maximum Gasteiger partial charge on any atom is 0.573 e. The molecule has 1 aromatic carbocycles. The molecule has 0 aliphatic carbocycles. The van der Waals surface area contributed by atoms with Crippen molar-refractivity contribution < 1.29 is 17.9 Å². The third kappa shape index (κ3) is 3.14. The lowest BCUT2D eigenvalue weighted by Crippen LogP contribution is -2.17. The van der Waals surface area contributed by atoms with Crippen molar-refractivity contribution in [2.75, 3.05) is 6.54 Å². The molecule has 1 aromatic heterocycles. The monoisotopic (exact) mass is 300 g/mol. The summed E-state index contributed by atoms with van der Waals surface area (Å²) in [7, 11) is 0. The minimum atomic E-state index is -4.69. The van der Waals surface area contributed by atoms with Crippen molar-refractivity contribution in [1.82, 2.24) is 4.57 Å². The zero-order chi connectivity index (χ0) is 14.8. The summed E-state index contributed by atoms with van der Waals surface area (Å²) in [6.45, 7) is 2.82. The molecule has 7 heteroatoms. The fourth-order valence-corrected chi connectivity index (χ4v) is 2.91. The van der Waals surface area contributed by atoms with Crippen molar-refractivity contribution in [3.05, 3.63) is 23.0 Å². The molecule has 2 aromatic rings. The molecule has 0 spiro atoms. The molecule has 0 fully saturated rings. The Morgan fingerprint density at radius 2 is 2.20 bits per heavy atom. The van der Waals surface area contributed by atoms with Gasteiger partial charge in [-0.2, -0.15) is 0 Å². The van der Waals surface area contributed by atoms with Gasteiger partial charge in [0.15, 0.2) is 4.80 Å². The highest BCUT2D eigenvalue weighted by Crippen LogP contribution is 2.27. The van der Waals surface area contributed by atoms with Gasteiger partial charge in [0.1, 0.15) is 12.3 Å². The minimum absolute atomic E-state index is 0.235. The van der Waals surface area contributed by atoms with Crippen molar-refractivity contribution in [2.24, 2.45) is 4.99 Å². The zero-order valence-corrected chi connectivity index (χ0v) is 11.4. The third-order valence-corrected chi connectivity index (χ3v) is 3.59. The van der Waals surface area contributed by atoms with Gasteiger partial charge in [0.05, 0.1) is 10.2 Å². The van der Waals surface area contributed by atoms with E-state index in [0.29, 0.717) is 16.0 Å². The summed E-state index contributed by atoms with van der Waals surface area (Å²) in [6.07, 6.45) is 0.470. The van der Waals surface area contributed by atoms with Gasteiger partial charge < -0.3 is 9.30 Å². The standard InChI is InChI=1S/C13H11F3N2OS/c1-3-7-17-12-18(4-2)10-6-5-9(8-11(10)20-12)19-13(14,15)16/h1,5-6,8H,4,7H2,2H3. The van der Waals surface area contributed by atoms with E-state index in [1.807, 2.05) is 11.5 Å². The van der Waals surface area contributed by atoms with Gasteiger partial charge in [0.2, 0.25) is 0 Å². The van der Waals surface area contributed by atoms with Crippen LogP contribution in [0.2, 0.25) is 0 Å². The van der Waals surface area contributed by atoms with Gasteiger partial charge in [-0.05, 0) is 25.1 Å². The fraction of sp³-hybridized carbons (Fsp3) is 0.308. The van der Waals surface area contributed by atoms with Gasteiger partial charge in [-0.3, -0.25) is 0 Å². The first-order valence-electron chi connectivity index (χ1n) is 5.77. The van der Waals surface area contributed by atoms with E-state index in [1.165, 1.54) is 23.5 Å². The van der Waals surface area contributed by atoms with E-state index >= 15 is 0 Å². The summed E-state index contributed by atoms with van der Waals surface area (Å²) in [6, 6.07) is 4.24. The first-order chi connectivity index (χ1) is 9.44. The molecule has 0 unspecified atom stereocenters. The highest BCUT2D eigenvalue weighted by molar-refractivity contribution is 7.16. The molecule has 0 radical (unpaired) electrons. The summed E-state index contributed by atoms with van der Waals surface area (Å²) in [5, 5.41) is 0. The molecule has 0 aliphatic rings. The van der Waals surface area contributed by atoms with E-state index < -0.39 is 6.36 Å². The summed E-state index contributed by atoms with van der Waals surface area (Å²) >= 11 is 1.28. The molecule has 20 heavy (non-hydrogen) atoms. The molecule has 2 rings (SSSR count). The average molecular weight is 300 g/mol. The second-order valence-corrected chi connectivity index (χ2v) is 4.84. The Kier molecular flexibility index (Phi) is 4.04. The first-order valence-corrected chi connectivity index (χ1v) is 6.59. The van der Waals surface area contributed by atoms with Crippen LogP contribution in [0.15, 0.2) is 23.2 Å². The smallest absolute Gasteiger partial charge is 0.406 e. The van der Waals surface area contributed by atoms with E-state index in [4.69, 9.17) is 6.42 Å². The lowest BCUT2D eigenvalue weighted by molar-refractivity contribution is -0.274. The van der Waals surface area contributed by atoms with Gasteiger partial charge in [-0.1, -0.05) is 17.3 Å². The molecule has 0 aliphatic heterocycles. The second kappa shape index (κ2) is 5.59. The van der Waals surface area contributed by atoms with Crippen LogP contribution in [0.25, 0.3) is 10.2 Å². The quantitative estimate of drug-likeness (QED) is 0.800. The number of nitrogens with zero attached hydrogens (tertiary/aromatic N) is 2. The minimum Gasteiger partial charge on any atom is -0.406 e. The number of hydrogen-bond acceptors (Lipinski definition) is 3. The van der Waals surface area contributed by atoms with Crippen LogP contribution in [-0.2, 0) is 6.54 Å². The number of ether oxygens (including phenoxy) is 1. The average Bonchev–Trinajstić information content (AvgIpc) is 2.70. The van der Waals surface area contributed by atoms with E-state index in [0.717, 1.165) is 5.52 Å². The summed E-state index contributed by atoms with van der Waals surface area (Å²) in [5.41, 5.74) is 0.808. The normalized spacial score (nSPS) is 12.7. The van der Waals surface area contributed by atoms with Crippen LogP contribution in [0.1, 0.15) is 6.92 Å². The molecule has 0 saturated heterocycles. The molecule has 0 atom stereocenters. The number of aromatic nitrogens is 1. The van der Waals surface area contributed by atoms with Gasteiger partial charge >= 0.3 is 6.36 Å². The van der Waals surface area contributed by atoms with Crippen molar-refractivity contribution in [2.45, 2.75) is 19.8 Å². The fourth-order valence-electron chi connectivity index (χ4n) is 1.79. The highest BCUT2D eigenvalue weighted by Gasteiger charge is 2.31. The molecule has 0 saturated carbocycles. The summed E-state index contributed by atoms with van der Waals surface area (Å²) < 4.78 is 43.1. The summed E-state index contributed by atoms with van der Waals surface area (Å²) in [4.78, 5) is 4.90. The van der Waals surface area contributed by atoms with Crippen LogP contribution < -0.4 is 9.54 Å². The Hall–Kier alpha value is -1.94. The van der Waals surface area contributed by atoms with Crippen molar-refractivity contribution in [1.29, 1.82) is 0 Å². The van der Waals surface area contributed by atoms with Crippen LogP contribution >= 0.6 is 11.3 Å². The van der Waals surface area contributed by atoms with E-state index in [-0.39, 0.29) is 12.3 Å². The first kappa shape index (κ1) is 14.5. The number of alkyl halides is 3.